The van der Waals surface area contributed by atoms with Crippen molar-refractivity contribution in [2.24, 2.45) is 0 Å². The number of hydrogen-bond donors (Lipinski definition) is 3. The smallest absolute Gasteiger partial charge is 0.253 e. The number of aliphatic hydroxyl groups excluding tert-OH is 1. The average molecular weight is 352 g/mol. The molecule has 0 radical (unpaired) electrons. The molecule has 1 aromatic heterocycles. The summed E-state index contributed by atoms with van der Waals surface area (Å²) in [5.41, 5.74) is 9.40. The summed E-state index contributed by atoms with van der Waals surface area (Å²) < 4.78 is 0. The maximum atomic E-state index is 12.8. The molecule has 6 nitrogen and oxygen atoms in total. The van der Waals surface area contributed by atoms with Crippen LogP contribution in [-0.4, -0.2) is 45.8 Å². The Morgan fingerprint density at radius 2 is 2.00 bits per heavy atom. The molecule has 0 atom stereocenters. The second kappa shape index (κ2) is 8.01. The van der Waals surface area contributed by atoms with E-state index in [1.54, 1.807) is 0 Å². The number of anilines is 1. The summed E-state index contributed by atoms with van der Waals surface area (Å²) in [7, 11) is 0. The minimum Gasteiger partial charge on any atom is -0.396 e. The number of H-pyrrole nitrogens is 1. The molecule has 0 bridgehead atoms. The first-order valence-electron chi connectivity index (χ1n) is 8.88. The number of carbonyl (C=O) groups excluding carboxylic acids is 1. The van der Waals surface area contributed by atoms with Gasteiger partial charge in [-0.25, -0.2) is 0 Å². The van der Waals surface area contributed by atoms with Gasteiger partial charge < -0.3 is 15.7 Å². The number of hydrogen-bond acceptors (Lipinski definition) is 4. The van der Waals surface area contributed by atoms with E-state index in [1.807, 2.05) is 54.3 Å². The number of nitrogens with two attached hydrogens (primary N) is 1. The molecular formula is C20H24N4O2. The molecule has 1 heterocycles. The van der Waals surface area contributed by atoms with Gasteiger partial charge in [0.2, 0.25) is 0 Å². The number of amides is 1. The van der Waals surface area contributed by atoms with Gasteiger partial charge >= 0.3 is 0 Å². The first-order chi connectivity index (χ1) is 12.6. The number of benzene rings is 2. The first-order valence-corrected chi connectivity index (χ1v) is 8.88. The first kappa shape index (κ1) is 17.9. The fourth-order valence-electron chi connectivity index (χ4n) is 3.05. The number of carbonyl (C=O) groups is 1. The number of unbranched alkanes of at least 4 members (excludes halogenated alkanes) is 1. The third kappa shape index (κ3) is 3.70. The van der Waals surface area contributed by atoms with Crippen LogP contribution in [0.4, 0.5) is 5.82 Å². The Kier molecular flexibility index (Phi) is 5.53. The van der Waals surface area contributed by atoms with E-state index in [9.17, 15) is 4.79 Å². The van der Waals surface area contributed by atoms with Gasteiger partial charge in [0.25, 0.3) is 5.91 Å². The third-order valence-electron chi connectivity index (χ3n) is 4.54. The highest BCUT2D eigenvalue weighted by Gasteiger charge is 2.14. The molecular weight excluding hydrogens is 328 g/mol. The zero-order valence-electron chi connectivity index (χ0n) is 14.9. The van der Waals surface area contributed by atoms with Gasteiger partial charge in [0.05, 0.1) is 5.52 Å². The Balaban J connectivity index is 1.86. The lowest BCUT2D eigenvalue weighted by Crippen LogP contribution is -2.31. The monoisotopic (exact) mass is 352 g/mol. The zero-order valence-corrected chi connectivity index (χ0v) is 14.9. The van der Waals surface area contributed by atoms with E-state index in [0.717, 1.165) is 28.5 Å². The highest BCUT2D eigenvalue weighted by Crippen LogP contribution is 2.27. The normalized spacial score (nSPS) is 11.0. The van der Waals surface area contributed by atoms with Crippen molar-refractivity contribution < 1.29 is 9.90 Å². The number of aromatic nitrogens is 2. The molecule has 3 rings (SSSR count). The molecule has 2 aromatic carbocycles. The number of nitrogens with one attached hydrogen (secondary N) is 1. The second-order valence-electron chi connectivity index (χ2n) is 6.27. The number of nitrogen functional groups attached to an aromatic ring is 1. The van der Waals surface area contributed by atoms with Crippen LogP contribution in [-0.2, 0) is 0 Å². The molecule has 4 N–H and O–H groups in total. The Morgan fingerprint density at radius 1 is 1.19 bits per heavy atom. The number of rotatable bonds is 7. The van der Waals surface area contributed by atoms with Crippen molar-refractivity contribution >= 4 is 22.6 Å². The summed E-state index contributed by atoms with van der Waals surface area (Å²) in [6.45, 7) is 3.42. The summed E-state index contributed by atoms with van der Waals surface area (Å²) in [4.78, 5) is 14.6. The lowest BCUT2D eigenvalue weighted by Gasteiger charge is -2.21. The Labute approximate surface area is 152 Å². The van der Waals surface area contributed by atoms with Gasteiger partial charge in [-0.1, -0.05) is 18.2 Å². The molecule has 0 unspecified atom stereocenters. The van der Waals surface area contributed by atoms with Crippen LogP contribution in [0.25, 0.3) is 22.0 Å². The number of fused-ring (bicyclic) bond motifs is 1. The predicted molar refractivity (Wildman–Crippen MR) is 104 cm³/mol. The van der Waals surface area contributed by atoms with E-state index in [-0.39, 0.29) is 12.5 Å². The van der Waals surface area contributed by atoms with Crippen LogP contribution in [0.15, 0.2) is 42.5 Å². The van der Waals surface area contributed by atoms with Crippen molar-refractivity contribution in [1.29, 1.82) is 0 Å². The van der Waals surface area contributed by atoms with Crippen molar-refractivity contribution in [1.82, 2.24) is 15.1 Å². The van der Waals surface area contributed by atoms with Gasteiger partial charge in [0.15, 0.2) is 5.82 Å². The van der Waals surface area contributed by atoms with E-state index in [0.29, 0.717) is 30.9 Å². The summed E-state index contributed by atoms with van der Waals surface area (Å²) in [5.74, 6) is 0.478. The van der Waals surface area contributed by atoms with Gasteiger partial charge in [0.1, 0.15) is 0 Å². The molecule has 1 amide bonds. The molecule has 3 aromatic rings. The van der Waals surface area contributed by atoms with Crippen LogP contribution in [0.1, 0.15) is 30.1 Å². The summed E-state index contributed by atoms with van der Waals surface area (Å²) >= 11 is 0. The van der Waals surface area contributed by atoms with Crippen molar-refractivity contribution in [2.45, 2.75) is 19.8 Å². The van der Waals surface area contributed by atoms with Gasteiger partial charge in [0, 0.05) is 30.6 Å². The van der Waals surface area contributed by atoms with Gasteiger partial charge in [-0.2, -0.15) is 5.10 Å². The summed E-state index contributed by atoms with van der Waals surface area (Å²) in [6.07, 6.45) is 1.50. The van der Waals surface area contributed by atoms with Crippen LogP contribution < -0.4 is 5.73 Å². The predicted octanol–water partition coefficient (Wildman–Crippen LogP) is 3.05. The largest absolute Gasteiger partial charge is 0.396 e. The average Bonchev–Trinajstić information content (AvgIpc) is 3.05. The van der Waals surface area contributed by atoms with Crippen LogP contribution in [0, 0.1) is 0 Å². The van der Waals surface area contributed by atoms with Crippen molar-refractivity contribution in [3.05, 3.63) is 48.0 Å². The molecule has 0 spiro atoms. The van der Waals surface area contributed by atoms with Crippen molar-refractivity contribution in [3.63, 3.8) is 0 Å². The fourth-order valence-corrected chi connectivity index (χ4v) is 3.05. The SMILES string of the molecule is CCN(CCCCO)C(=O)c1cccc(-c2ccc3[nH]nc(N)c3c2)c1. The van der Waals surface area contributed by atoms with Gasteiger partial charge in [-0.3, -0.25) is 9.89 Å². The highest BCUT2D eigenvalue weighted by atomic mass is 16.3. The lowest BCUT2D eigenvalue weighted by molar-refractivity contribution is 0.0759. The molecule has 0 saturated heterocycles. The van der Waals surface area contributed by atoms with Crippen LogP contribution in [0.3, 0.4) is 0 Å². The minimum atomic E-state index is 0.0104. The van der Waals surface area contributed by atoms with Crippen LogP contribution in [0.2, 0.25) is 0 Å². The zero-order chi connectivity index (χ0) is 18.5. The molecule has 136 valence electrons. The highest BCUT2D eigenvalue weighted by molar-refractivity contribution is 5.96. The molecule has 26 heavy (non-hydrogen) atoms. The molecule has 0 aliphatic heterocycles. The van der Waals surface area contributed by atoms with Crippen LogP contribution >= 0.6 is 0 Å². The Morgan fingerprint density at radius 3 is 2.77 bits per heavy atom. The number of nitrogens with zero attached hydrogens (tertiary/aromatic N) is 2. The quantitative estimate of drug-likeness (QED) is 0.570. The van der Waals surface area contributed by atoms with E-state index >= 15 is 0 Å². The second-order valence-corrected chi connectivity index (χ2v) is 6.27. The topological polar surface area (TPSA) is 95.2 Å². The van der Waals surface area contributed by atoms with E-state index in [1.165, 1.54) is 0 Å². The van der Waals surface area contributed by atoms with Crippen molar-refractivity contribution in [2.75, 3.05) is 25.4 Å². The molecule has 0 aliphatic carbocycles. The molecule has 0 fully saturated rings. The number of aliphatic hydroxyl groups is 1. The molecule has 0 saturated carbocycles. The van der Waals surface area contributed by atoms with Gasteiger partial charge in [-0.15, -0.1) is 0 Å². The Bertz CT molecular complexity index is 904. The molecule has 6 heteroatoms. The Hall–Kier alpha value is -2.86. The minimum absolute atomic E-state index is 0.0104. The maximum Gasteiger partial charge on any atom is 0.253 e. The fraction of sp³-hybridized carbons (Fsp3) is 0.300. The van der Waals surface area contributed by atoms with E-state index in [4.69, 9.17) is 10.8 Å². The molecule has 0 aliphatic rings. The van der Waals surface area contributed by atoms with Gasteiger partial charge in [-0.05, 0) is 55.2 Å². The van der Waals surface area contributed by atoms with Crippen molar-refractivity contribution in [3.8, 4) is 11.1 Å². The lowest BCUT2D eigenvalue weighted by atomic mass is 10.0. The van der Waals surface area contributed by atoms with Crippen LogP contribution in [0.5, 0.6) is 0 Å². The third-order valence-corrected chi connectivity index (χ3v) is 4.54. The van der Waals surface area contributed by atoms with E-state index < -0.39 is 0 Å². The summed E-state index contributed by atoms with van der Waals surface area (Å²) in [5, 5.41) is 16.7. The number of aromatic amines is 1. The maximum absolute atomic E-state index is 12.8. The standard InChI is InChI=1S/C20H24N4O2/c1-2-24(10-3-4-11-25)20(26)16-7-5-6-14(12-16)15-8-9-18-17(13-15)19(21)23-22-18/h5-9,12-13,25H,2-4,10-11H2,1H3,(H3,21,22,23). The summed E-state index contributed by atoms with van der Waals surface area (Å²) in [6, 6.07) is 13.5. The van der Waals surface area contributed by atoms with E-state index in [2.05, 4.69) is 10.2 Å².